The van der Waals surface area contributed by atoms with Crippen molar-refractivity contribution in [2.75, 3.05) is 6.54 Å². The summed E-state index contributed by atoms with van der Waals surface area (Å²) >= 11 is 6.42. The minimum absolute atomic E-state index is 0.0696. The Labute approximate surface area is 209 Å². The lowest BCUT2D eigenvalue weighted by Gasteiger charge is -2.36. The molecule has 1 aromatic carbocycles. The second kappa shape index (κ2) is 12.6. The summed E-state index contributed by atoms with van der Waals surface area (Å²) in [7, 11) is 0. The molecular weight excluding hydrogens is 452 g/mol. The SMILES string of the molecule is CC(C)[C@@H]1CC[C@@H](C)C[C@H]1C(=O)CC[C@@H](NC(=O)CNC(=O)OC(C)(C)C)c1ccccc1Cl. The first-order valence-corrected chi connectivity index (χ1v) is 12.8. The minimum Gasteiger partial charge on any atom is -0.444 e. The van der Waals surface area contributed by atoms with E-state index < -0.39 is 17.7 Å². The zero-order valence-corrected chi connectivity index (χ0v) is 22.2. The fourth-order valence-electron chi connectivity index (χ4n) is 4.82. The Morgan fingerprint density at radius 1 is 1.15 bits per heavy atom. The van der Waals surface area contributed by atoms with Crippen LogP contribution in [0.1, 0.15) is 85.3 Å². The number of benzene rings is 1. The molecule has 2 rings (SSSR count). The van der Waals surface area contributed by atoms with Gasteiger partial charge in [-0.2, -0.15) is 0 Å². The highest BCUT2D eigenvalue weighted by Crippen LogP contribution is 2.39. The van der Waals surface area contributed by atoms with E-state index in [9.17, 15) is 14.4 Å². The molecule has 0 radical (unpaired) electrons. The largest absolute Gasteiger partial charge is 0.444 e. The molecule has 1 aromatic rings. The minimum atomic E-state index is -0.654. The van der Waals surface area contributed by atoms with Crippen molar-refractivity contribution in [2.24, 2.45) is 23.7 Å². The van der Waals surface area contributed by atoms with E-state index in [0.717, 1.165) is 18.4 Å². The van der Waals surface area contributed by atoms with Crippen molar-refractivity contribution < 1.29 is 19.1 Å². The summed E-state index contributed by atoms with van der Waals surface area (Å²) < 4.78 is 5.19. The Bertz CT molecular complexity index is 849. The topological polar surface area (TPSA) is 84.5 Å². The van der Waals surface area contributed by atoms with E-state index in [1.807, 2.05) is 18.2 Å². The second-order valence-corrected chi connectivity index (χ2v) is 11.3. The number of rotatable bonds is 9. The van der Waals surface area contributed by atoms with Crippen LogP contribution in [0, 0.1) is 23.7 Å². The molecule has 0 saturated heterocycles. The maximum atomic E-state index is 13.3. The van der Waals surface area contributed by atoms with Gasteiger partial charge in [0, 0.05) is 17.4 Å². The zero-order chi connectivity index (χ0) is 25.5. The lowest BCUT2D eigenvalue weighted by Crippen LogP contribution is -2.41. The number of carbonyl (C=O) groups is 3. The van der Waals surface area contributed by atoms with E-state index in [0.29, 0.717) is 35.6 Å². The predicted molar refractivity (Wildman–Crippen MR) is 136 cm³/mol. The van der Waals surface area contributed by atoms with Crippen LogP contribution in [0.2, 0.25) is 5.02 Å². The van der Waals surface area contributed by atoms with E-state index >= 15 is 0 Å². The Morgan fingerprint density at radius 2 is 1.82 bits per heavy atom. The molecule has 0 aromatic heterocycles. The summed E-state index contributed by atoms with van der Waals surface area (Å²) in [5, 5.41) is 5.96. The fourth-order valence-corrected chi connectivity index (χ4v) is 5.09. The van der Waals surface area contributed by atoms with Crippen LogP contribution in [0.4, 0.5) is 4.79 Å². The number of carbonyl (C=O) groups excluding carboxylic acids is 3. The van der Waals surface area contributed by atoms with Crippen molar-refractivity contribution in [3.63, 3.8) is 0 Å². The molecule has 6 nitrogen and oxygen atoms in total. The standard InChI is InChI=1S/C27H41ClN2O4/c1-17(2)19-12-11-18(3)15-21(19)24(31)14-13-23(20-9-7-8-10-22(20)28)30-25(32)16-29-26(33)34-27(4,5)6/h7-10,17-19,21,23H,11-16H2,1-6H3,(H,29,33)(H,30,32)/t18-,19+,21-,23-/m1/s1. The highest BCUT2D eigenvalue weighted by molar-refractivity contribution is 6.31. The van der Waals surface area contributed by atoms with Gasteiger partial charge in [0.2, 0.25) is 5.91 Å². The van der Waals surface area contributed by atoms with Gasteiger partial charge >= 0.3 is 6.09 Å². The number of halogens is 1. The lowest BCUT2D eigenvalue weighted by atomic mass is 9.68. The van der Waals surface area contributed by atoms with Gasteiger partial charge in [-0.05, 0) is 69.4 Å². The number of amides is 2. The average Bonchev–Trinajstić information content (AvgIpc) is 2.74. The van der Waals surface area contributed by atoms with Crippen molar-refractivity contribution >= 4 is 29.4 Å². The highest BCUT2D eigenvalue weighted by Gasteiger charge is 2.35. The monoisotopic (exact) mass is 492 g/mol. The van der Waals surface area contributed by atoms with Crippen LogP contribution in [0.25, 0.3) is 0 Å². The molecule has 0 aliphatic heterocycles. The Morgan fingerprint density at radius 3 is 2.44 bits per heavy atom. The molecule has 190 valence electrons. The maximum Gasteiger partial charge on any atom is 0.408 e. The van der Waals surface area contributed by atoms with Crippen molar-refractivity contribution in [3.8, 4) is 0 Å². The fraction of sp³-hybridized carbons (Fsp3) is 0.667. The molecule has 1 fully saturated rings. The van der Waals surface area contributed by atoms with Crippen LogP contribution in [0.3, 0.4) is 0 Å². The molecule has 34 heavy (non-hydrogen) atoms. The molecule has 2 amide bonds. The lowest BCUT2D eigenvalue weighted by molar-refractivity contribution is -0.127. The molecule has 1 aliphatic carbocycles. The summed E-state index contributed by atoms with van der Waals surface area (Å²) in [6.07, 6.45) is 3.38. The average molecular weight is 493 g/mol. The van der Waals surface area contributed by atoms with Gasteiger partial charge in [0.1, 0.15) is 17.9 Å². The number of Topliss-reactive ketones (excluding diaryl/α,β-unsaturated/α-hetero) is 1. The van der Waals surface area contributed by atoms with Gasteiger partial charge in [-0.3, -0.25) is 9.59 Å². The van der Waals surface area contributed by atoms with Gasteiger partial charge in [0.15, 0.2) is 0 Å². The first-order chi connectivity index (χ1) is 15.9. The molecule has 0 bridgehead atoms. The highest BCUT2D eigenvalue weighted by atomic mass is 35.5. The van der Waals surface area contributed by atoms with Crippen LogP contribution in [-0.2, 0) is 14.3 Å². The number of ether oxygens (including phenoxy) is 1. The number of nitrogens with one attached hydrogen (secondary N) is 2. The normalized spacial score (nSPS) is 21.6. The summed E-state index contributed by atoms with van der Waals surface area (Å²) in [5.41, 5.74) is 0.117. The summed E-state index contributed by atoms with van der Waals surface area (Å²) in [5.74, 6) is 1.41. The van der Waals surface area contributed by atoms with Crippen molar-refractivity contribution in [1.82, 2.24) is 10.6 Å². The number of hydrogen-bond donors (Lipinski definition) is 2. The Hall–Kier alpha value is -2.08. The molecule has 1 saturated carbocycles. The summed E-state index contributed by atoms with van der Waals surface area (Å²) in [4.78, 5) is 37.8. The third-order valence-electron chi connectivity index (χ3n) is 6.52. The molecule has 2 N–H and O–H groups in total. The molecule has 1 aliphatic rings. The van der Waals surface area contributed by atoms with Crippen LogP contribution in [-0.4, -0.2) is 29.9 Å². The summed E-state index contributed by atoms with van der Waals surface area (Å²) in [6, 6.07) is 6.90. The molecule has 0 spiro atoms. The van der Waals surface area contributed by atoms with E-state index in [1.54, 1.807) is 26.8 Å². The first kappa shape index (κ1) is 28.2. The van der Waals surface area contributed by atoms with Gasteiger partial charge in [-0.15, -0.1) is 0 Å². The van der Waals surface area contributed by atoms with E-state index in [-0.39, 0.29) is 24.2 Å². The number of hydrogen-bond acceptors (Lipinski definition) is 4. The van der Waals surface area contributed by atoms with E-state index in [2.05, 4.69) is 31.4 Å². The molecule has 7 heteroatoms. The first-order valence-electron chi connectivity index (χ1n) is 12.4. The van der Waals surface area contributed by atoms with E-state index in [1.165, 1.54) is 6.42 Å². The Kier molecular flexibility index (Phi) is 10.4. The van der Waals surface area contributed by atoms with Crippen molar-refractivity contribution in [3.05, 3.63) is 34.9 Å². The molecular formula is C27H41ClN2O4. The van der Waals surface area contributed by atoms with Crippen LogP contribution in [0.5, 0.6) is 0 Å². The maximum absolute atomic E-state index is 13.3. The third kappa shape index (κ3) is 8.94. The second-order valence-electron chi connectivity index (χ2n) is 10.9. The van der Waals surface area contributed by atoms with Gasteiger partial charge in [0.25, 0.3) is 0 Å². The van der Waals surface area contributed by atoms with E-state index in [4.69, 9.17) is 16.3 Å². The third-order valence-corrected chi connectivity index (χ3v) is 6.87. The molecule has 0 unspecified atom stereocenters. The number of alkyl carbamates (subject to hydrolysis) is 1. The Balaban J connectivity index is 2.05. The van der Waals surface area contributed by atoms with Crippen LogP contribution >= 0.6 is 11.6 Å². The van der Waals surface area contributed by atoms with Crippen molar-refractivity contribution in [1.29, 1.82) is 0 Å². The summed E-state index contributed by atoms with van der Waals surface area (Å²) in [6.45, 7) is 11.7. The smallest absolute Gasteiger partial charge is 0.408 e. The quantitative estimate of drug-likeness (QED) is 0.437. The predicted octanol–water partition coefficient (Wildman–Crippen LogP) is 6.08. The van der Waals surface area contributed by atoms with Crippen molar-refractivity contribution in [2.45, 2.75) is 85.3 Å². The molecule has 4 atom stereocenters. The van der Waals surface area contributed by atoms with Crippen LogP contribution < -0.4 is 10.6 Å². The van der Waals surface area contributed by atoms with Gasteiger partial charge in [-0.25, -0.2) is 4.79 Å². The van der Waals surface area contributed by atoms with Gasteiger partial charge < -0.3 is 15.4 Å². The zero-order valence-electron chi connectivity index (χ0n) is 21.4. The van der Waals surface area contributed by atoms with Gasteiger partial charge in [0.05, 0.1) is 6.04 Å². The number of ketones is 1. The molecule has 0 heterocycles. The van der Waals surface area contributed by atoms with Crippen LogP contribution in [0.15, 0.2) is 24.3 Å². The van der Waals surface area contributed by atoms with Gasteiger partial charge in [-0.1, -0.05) is 57.0 Å².